The number of halogens is 2. The van der Waals surface area contributed by atoms with E-state index < -0.39 is 22.6 Å². The molecule has 2 aromatic heterocycles. The Morgan fingerprint density at radius 2 is 1.72 bits per heavy atom. The molecule has 14 heteroatoms. The van der Waals surface area contributed by atoms with Crippen LogP contribution in [0.2, 0.25) is 0 Å². The number of nitrogens with zero attached hydrogens (tertiary/aromatic N) is 6. The maximum Gasteiger partial charge on any atom is 0.251 e. The van der Waals surface area contributed by atoms with Crippen molar-refractivity contribution in [2.24, 2.45) is 5.41 Å². The fraction of sp³-hybridized carbons (Fsp3) is 0.560. The van der Waals surface area contributed by atoms with Gasteiger partial charge in [-0.3, -0.25) is 4.72 Å². The third kappa shape index (κ3) is 5.73. The molecule has 0 amide bonds. The van der Waals surface area contributed by atoms with Crippen LogP contribution in [0, 0.1) is 5.41 Å². The van der Waals surface area contributed by atoms with E-state index in [0.717, 1.165) is 37.3 Å². The van der Waals surface area contributed by atoms with E-state index >= 15 is 0 Å². The minimum atomic E-state index is -3.67. The predicted molar refractivity (Wildman–Crippen MR) is 146 cm³/mol. The van der Waals surface area contributed by atoms with Gasteiger partial charge in [0.2, 0.25) is 10.0 Å². The average molecular weight is 580 g/mol. The van der Waals surface area contributed by atoms with Gasteiger partial charge < -0.3 is 14.9 Å². The van der Waals surface area contributed by atoms with E-state index in [1.807, 2.05) is 22.4 Å². The molecule has 1 saturated carbocycles. The number of aromatic nitrogens is 4. The second kappa shape index (κ2) is 9.97. The van der Waals surface area contributed by atoms with Gasteiger partial charge in [0.15, 0.2) is 0 Å². The molecular formula is C25H31F2N7O3S2. The van der Waals surface area contributed by atoms with Crippen molar-refractivity contribution in [3.63, 3.8) is 0 Å². The van der Waals surface area contributed by atoms with Gasteiger partial charge in [-0.05, 0) is 49.3 Å². The van der Waals surface area contributed by atoms with Gasteiger partial charge in [0.05, 0.1) is 35.6 Å². The first kappa shape index (κ1) is 26.4. The minimum absolute atomic E-state index is 0.178. The van der Waals surface area contributed by atoms with Crippen LogP contribution in [-0.4, -0.2) is 78.0 Å². The number of alkyl halides is 2. The highest BCUT2D eigenvalue weighted by molar-refractivity contribution is 7.92. The zero-order valence-corrected chi connectivity index (χ0v) is 23.0. The first-order valence-electron chi connectivity index (χ1n) is 13.2. The molecule has 0 bridgehead atoms. The van der Waals surface area contributed by atoms with E-state index in [1.165, 1.54) is 24.2 Å². The van der Waals surface area contributed by atoms with Gasteiger partial charge in [-0.2, -0.15) is 0 Å². The number of aliphatic hydroxyl groups excluding tert-OH is 1. The van der Waals surface area contributed by atoms with Crippen molar-refractivity contribution >= 4 is 38.6 Å². The van der Waals surface area contributed by atoms with Crippen LogP contribution in [0.3, 0.4) is 0 Å². The molecule has 6 rings (SSSR count). The third-order valence-electron chi connectivity index (χ3n) is 8.00. The Morgan fingerprint density at radius 1 is 1.00 bits per heavy atom. The number of thiazole rings is 1. The topological polar surface area (TPSA) is 116 Å². The SMILES string of the molecule is O=S(=O)(CCO)Nc1ccc(-n2cc(-c3nc(N4CCC(F)(F)CC4)cs3)nn2)c(N2CCC3(CC2)CC3)c1. The third-order valence-corrected chi connectivity index (χ3v) is 10.1. The second-order valence-electron chi connectivity index (χ2n) is 10.7. The molecule has 3 fully saturated rings. The average Bonchev–Trinajstić information content (AvgIpc) is 3.28. The first-order chi connectivity index (χ1) is 18.6. The van der Waals surface area contributed by atoms with Crippen LogP contribution in [-0.2, 0) is 10.0 Å². The summed E-state index contributed by atoms with van der Waals surface area (Å²) >= 11 is 1.39. The van der Waals surface area contributed by atoms with Gasteiger partial charge in [-0.1, -0.05) is 5.21 Å². The zero-order valence-electron chi connectivity index (χ0n) is 21.4. The Kier molecular flexibility index (Phi) is 6.74. The van der Waals surface area contributed by atoms with Crippen LogP contribution in [0.25, 0.3) is 16.4 Å². The fourth-order valence-electron chi connectivity index (χ4n) is 5.35. The lowest BCUT2D eigenvalue weighted by atomic mass is 9.93. The molecule has 2 N–H and O–H groups in total. The molecule has 0 unspecified atom stereocenters. The number of nitrogens with one attached hydrogen (secondary N) is 1. The van der Waals surface area contributed by atoms with Crippen molar-refractivity contribution in [2.75, 3.05) is 53.1 Å². The Hall–Kier alpha value is -2.84. The van der Waals surface area contributed by atoms with Crippen molar-refractivity contribution in [1.29, 1.82) is 0 Å². The summed E-state index contributed by atoms with van der Waals surface area (Å²) in [6, 6.07) is 5.30. The smallest absolute Gasteiger partial charge is 0.251 e. The van der Waals surface area contributed by atoms with Crippen LogP contribution in [0.1, 0.15) is 38.5 Å². The van der Waals surface area contributed by atoms with Gasteiger partial charge >= 0.3 is 0 Å². The zero-order chi connectivity index (χ0) is 27.3. The van der Waals surface area contributed by atoms with Crippen LogP contribution in [0.15, 0.2) is 29.8 Å². The Morgan fingerprint density at radius 3 is 2.41 bits per heavy atom. The highest BCUT2D eigenvalue weighted by Crippen LogP contribution is 2.54. The van der Waals surface area contributed by atoms with E-state index in [2.05, 4.69) is 24.9 Å². The molecule has 10 nitrogen and oxygen atoms in total. The van der Waals surface area contributed by atoms with Crippen LogP contribution >= 0.6 is 11.3 Å². The molecule has 210 valence electrons. The molecule has 3 aromatic rings. The van der Waals surface area contributed by atoms with Gasteiger partial charge in [0.1, 0.15) is 16.5 Å². The number of aliphatic hydroxyl groups is 1. The van der Waals surface area contributed by atoms with Crippen LogP contribution in [0.5, 0.6) is 0 Å². The van der Waals surface area contributed by atoms with E-state index in [9.17, 15) is 17.2 Å². The Labute approximate surface area is 229 Å². The predicted octanol–water partition coefficient (Wildman–Crippen LogP) is 3.74. The molecule has 3 aliphatic rings. The number of sulfonamides is 1. The van der Waals surface area contributed by atoms with E-state index in [1.54, 1.807) is 16.9 Å². The van der Waals surface area contributed by atoms with Crippen molar-refractivity contribution in [3.05, 3.63) is 29.8 Å². The highest BCUT2D eigenvalue weighted by atomic mass is 32.2. The molecular weight excluding hydrogens is 548 g/mol. The fourth-order valence-corrected chi connectivity index (χ4v) is 6.96. The number of hydrogen-bond acceptors (Lipinski definition) is 9. The summed E-state index contributed by atoms with van der Waals surface area (Å²) in [4.78, 5) is 8.78. The van der Waals surface area contributed by atoms with Crippen LogP contribution in [0.4, 0.5) is 26.0 Å². The number of anilines is 3. The van der Waals surface area contributed by atoms with Crippen molar-refractivity contribution in [3.8, 4) is 16.4 Å². The van der Waals surface area contributed by atoms with E-state index in [0.29, 0.717) is 27.6 Å². The number of hydrogen-bond donors (Lipinski definition) is 2. The quantitative estimate of drug-likeness (QED) is 0.415. The summed E-state index contributed by atoms with van der Waals surface area (Å²) in [7, 11) is -3.67. The number of rotatable bonds is 8. The monoisotopic (exact) mass is 579 g/mol. The molecule has 4 heterocycles. The van der Waals surface area contributed by atoms with Crippen molar-refractivity contribution in [2.45, 2.75) is 44.4 Å². The maximum atomic E-state index is 13.6. The largest absolute Gasteiger partial charge is 0.395 e. The van der Waals surface area contributed by atoms with Gasteiger partial charge in [-0.15, -0.1) is 16.4 Å². The van der Waals surface area contributed by atoms with Gasteiger partial charge in [-0.25, -0.2) is 26.9 Å². The molecule has 2 aliphatic heterocycles. The van der Waals surface area contributed by atoms with Gasteiger partial charge in [0.25, 0.3) is 5.92 Å². The molecule has 0 atom stereocenters. The van der Waals surface area contributed by atoms with Crippen molar-refractivity contribution in [1.82, 2.24) is 20.0 Å². The lowest BCUT2D eigenvalue weighted by Crippen LogP contribution is -2.39. The molecule has 2 saturated heterocycles. The second-order valence-corrected chi connectivity index (χ2v) is 13.4. The highest BCUT2D eigenvalue weighted by Gasteiger charge is 2.44. The summed E-state index contributed by atoms with van der Waals surface area (Å²) in [6.45, 7) is 1.80. The number of benzene rings is 1. The minimum Gasteiger partial charge on any atom is -0.395 e. The maximum absolute atomic E-state index is 13.6. The standard InChI is InChI=1S/C25H31F2N7O3S2/c26-25(27)7-11-33(12-8-25)22-17-38-23(28-22)19-16-34(31-29-19)20-2-1-18(30-39(36,37)14-13-35)15-21(20)32-9-5-24(3-4-24)6-10-32/h1-2,15-17,30,35H,3-14H2. The summed E-state index contributed by atoms with van der Waals surface area (Å²) in [5.41, 5.74) is 3.08. The van der Waals surface area contributed by atoms with E-state index in [-0.39, 0.29) is 31.7 Å². The molecule has 39 heavy (non-hydrogen) atoms. The molecule has 1 aromatic carbocycles. The normalized spacial score (nSPS) is 20.4. The number of piperidine rings is 2. The summed E-state index contributed by atoms with van der Waals surface area (Å²) in [5.74, 6) is -2.32. The van der Waals surface area contributed by atoms with Crippen molar-refractivity contribution < 1.29 is 22.3 Å². The molecule has 1 aliphatic carbocycles. The first-order valence-corrected chi connectivity index (χ1v) is 15.7. The Balaban J connectivity index is 1.26. The lowest BCUT2D eigenvalue weighted by Gasteiger charge is -2.35. The molecule has 0 radical (unpaired) electrons. The van der Waals surface area contributed by atoms with E-state index in [4.69, 9.17) is 5.11 Å². The Bertz CT molecular complexity index is 1440. The van der Waals surface area contributed by atoms with Gasteiger partial charge in [0, 0.05) is 44.4 Å². The lowest BCUT2D eigenvalue weighted by molar-refractivity contribution is -0.0221. The molecule has 1 spiro atoms. The summed E-state index contributed by atoms with van der Waals surface area (Å²) in [6.07, 6.45) is 6.17. The van der Waals surface area contributed by atoms with Crippen LogP contribution < -0.4 is 14.5 Å². The summed E-state index contributed by atoms with van der Waals surface area (Å²) in [5, 5.41) is 20.3. The summed E-state index contributed by atoms with van der Waals surface area (Å²) < 4.78 is 55.9.